The minimum atomic E-state index is -0.175. The zero-order valence-corrected chi connectivity index (χ0v) is 15.1. The number of aryl methyl sites for hydroxylation is 1. The second kappa shape index (κ2) is 8.38. The highest BCUT2D eigenvalue weighted by atomic mass is 16.1. The van der Waals surface area contributed by atoms with Crippen molar-refractivity contribution >= 4 is 28.4 Å². The molecule has 2 aromatic heterocycles. The van der Waals surface area contributed by atoms with Crippen LogP contribution in [0.4, 0.5) is 11.6 Å². The molecule has 6 nitrogen and oxygen atoms in total. The first-order chi connectivity index (χ1) is 12.7. The molecule has 1 aromatic carbocycles. The zero-order chi connectivity index (χ0) is 18.4. The Kier molecular flexibility index (Phi) is 5.73. The Morgan fingerprint density at radius 2 is 1.96 bits per heavy atom. The number of amides is 1. The molecule has 0 spiro atoms. The lowest BCUT2D eigenvalue weighted by atomic mass is 10.2. The van der Waals surface area contributed by atoms with Gasteiger partial charge in [0.1, 0.15) is 5.69 Å². The van der Waals surface area contributed by atoms with Gasteiger partial charge in [-0.25, -0.2) is 9.97 Å². The number of rotatable bonds is 7. The highest BCUT2D eigenvalue weighted by molar-refractivity contribution is 5.93. The van der Waals surface area contributed by atoms with Crippen molar-refractivity contribution in [3.8, 4) is 0 Å². The molecule has 1 amide bonds. The Bertz CT molecular complexity index is 904. The topological polar surface area (TPSA) is 79.8 Å². The van der Waals surface area contributed by atoms with Crippen LogP contribution in [-0.4, -0.2) is 27.4 Å². The Balaban J connectivity index is 1.80. The number of hydrogen-bond donors (Lipinski definition) is 2. The normalized spacial score (nSPS) is 10.7. The summed E-state index contributed by atoms with van der Waals surface area (Å²) < 4.78 is 0. The van der Waals surface area contributed by atoms with Gasteiger partial charge in [-0.2, -0.15) is 0 Å². The number of hydrogen-bond acceptors (Lipinski definition) is 5. The minimum Gasteiger partial charge on any atom is -0.351 e. The highest BCUT2D eigenvalue weighted by Crippen LogP contribution is 2.23. The van der Waals surface area contributed by atoms with Crippen LogP contribution < -0.4 is 10.6 Å². The zero-order valence-electron chi connectivity index (χ0n) is 15.1. The standard InChI is InChI=1S/C20H23N5O/c1-3-4-5-11-22-19(26)17-13-14(2)23-20(25-17)24-16-10-6-8-15-9-7-12-21-18(15)16/h6-10,12-13H,3-5,11H2,1-2H3,(H,22,26)(H,23,24,25). The van der Waals surface area contributed by atoms with Crippen LogP contribution in [0, 0.1) is 6.92 Å². The van der Waals surface area contributed by atoms with E-state index in [0.717, 1.165) is 41.5 Å². The molecule has 3 aromatic rings. The minimum absolute atomic E-state index is 0.175. The molecule has 2 heterocycles. The molecule has 26 heavy (non-hydrogen) atoms. The number of aromatic nitrogens is 3. The maximum Gasteiger partial charge on any atom is 0.270 e. The highest BCUT2D eigenvalue weighted by Gasteiger charge is 2.11. The van der Waals surface area contributed by atoms with Crippen LogP contribution in [0.3, 0.4) is 0 Å². The molecule has 6 heteroatoms. The van der Waals surface area contributed by atoms with Crippen molar-refractivity contribution in [1.82, 2.24) is 20.3 Å². The largest absolute Gasteiger partial charge is 0.351 e. The van der Waals surface area contributed by atoms with Crippen molar-refractivity contribution in [3.63, 3.8) is 0 Å². The van der Waals surface area contributed by atoms with Gasteiger partial charge in [0.05, 0.1) is 11.2 Å². The Hall–Kier alpha value is -3.02. The second-order valence-corrected chi connectivity index (χ2v) is 6.19. The molecular formula is C20H23N5O. The third kappa shape index (κ3) is 4.33. The van der Waals surface area contributed by atoms with Crippen molar-refractivity contribution < 1.29 is 4.79 Å². The predicted octanol–water partition coefficient (Wildman–Crippen LogP) is 4.00. The SMILES string of the molecule is CCCCCNC(=O)c1cc(C)nc(Nc2cccc3cccnc23)n1. The maximum absolute atomic E-state index is 12.3. The number of unbranched alkanes of at least 4 members (excludes halogenated alkanes) is 2. The van der Waals surface area contributed by atoms with Crippen LogP contribution in [-0.2, 0) is 0 Å². The smallest absolute Gasteiger partial charge is 0.270 e. The van der Waals surface area contributed by atoms with Crippen molar-refractivity contribution in [2.24, 2.45) is 0 Å². The summed E-state index contributed by atoms with van der Waals surface area (Å²) in [6.45, 7) is 4.64. The fraction of sp³-hybridized carbons (Fsp3) is 0.300. The van der Waals surface area contributed by atoms with Crippen LogP contribution in [0.25, 0.3) is 10.9 Å². The molecule has 3 rings (SSSR count). The average molecular weight is 349 g/mol. The number of nitrogens with zero attached hydrogens (tertiary/aromatic N) is 3. The van der Waals surface area contributed by atoms with Gasteiger partial charge in [0, 0.05) is 23.8 Å². The van der Waals surface area contributed by atoms with Crippen molar-refractivity contribution in [3.05, 3.63) is 54.0 Å². The van der Waals surface area contributed by atoms with E-state index in [0.29, 0.717) is 18.2 Å². The van der Waals surface area contributed by atoms with E-state index in [9.17, 15) is 4.79 Å². The first kappa shape index (κ1) is 17.8. The van der Waals surface area contributed by atoms with Crippen LogP contribution in [0.5, 0.6) is 0 Å². The number of fused-ring (bicyclic) bond motifs is 1. The molecule has 0 aliphatic rings. The molecule has 0 saturated heterocycles. The number of benzene rings is 1. The van der Waals surface area contributed by atoms with E-state index < -0.39 is 0 Å². The van der Waals surface area contributed by atoms with Gasteiger partial charge in [-0.15, -0.1) is 0 Å². The van der Waals surface area contributed by atoms with Crippen molar-refractivity contribution in [2.75, 3.05) is 11.9 Å². The second-order valence-electron chi connectivity index (χ2n) is 6.19. The molecule has 2 N–H and O–H groups in total. The van der Waals surface area contributed by atoms with E-state index in [2.05, 4.69) is 32.5 Å². The Morgan fingerprint density at radius 1 is 1.12 bits per heavy atom. The van der Waals surface area contributed by atoms with E-state index in [1.807, 2.05) is 37.3 Å². The monoisotopic (exact) mass is 349 g/mol. The number of carbonyl (C=O) groups is 1. The molecule has 0 bridgehead atoms. The lowest BCUT2D eigenvalue weighted by Gasteiger charge is -2.10. The lowest BCUT2D eigenvalue weighted by molar-refractivity contribution is 0.0948. The lowest BCUT2D eigenvalue weighted by Crippen LogP contribution is -2.26. The third-order valence-corrected chi connectivity index (χ3v) is 4.03. The molecule has 0 aliphatic heterocycles. The van der Waals surface area contributed by atoms with Gasteiger partial charge in [-0.1, -0.05) is 38.0 Å². The number of carbonyl (C=O) groups excluding carboxylic acids is 1. The summed E-state index contributed by atoms with van der Waals surface area (Å²) in [4.78, 5) is 25.5. The molecular weight excluding hydrogens is 326 g/mol. The molecule has 0 unspecified atom stereocenters. The quantitative estimate of drug-likeness (QED) is 0.630. The number of pyridine rings is 1. The summed E-state index contributed by atoms with van der Waals surface area (Å²) in [5.74, 6) is 0.215. The molecule has 0 radical (unpaired) electrons. The third-order valence-electron chi connectivity index (χ3n) is 4.03. The summed E-state index contributed by atoms with van der Waals surface area (Å²) in [6.07, 6.45) is 4.94. The van der Waals surface area contributed by atoms with Gasteiger partial charge in [-0.3, -0.25) is 9.78 Å². The predicted molar refractivity (Wildman–Crippen MR) is 104 cm³/mol. The fourth-order valence-electron chi connectivity index (χ4n) is 2.73. The average Bonchev–Trinajstić information content (AvgIpc) is 2.65. The van der Waals surface area contributed by atoms with Crippen LogP contribution in [0.15, 0.2) is 42.6 Å². The summed E-state index contributed by atoms with van der Waals surface area (Å²) in [7, 11) is 0. The molecule has 0 saturated carbocycles. The van der Waals surface area contributed by atoms with Gasteiger partial charge in [-0.05, 0) is 31.5 Å². The molecule has 0 atom stereocenters. The van der Waals surface area contributed by atoms with Crippen molar-refractivity contribution in [2.45, 2.75) is 33.1 Å². The van der Waals surface area contributed by atoms with Crippen LogP contribution >= 0.6 is 0 Å². The summed E-state index contributed by atoms with van der Waals surface area (Å²) in [5, 5.41) is 7.13. The summed E-state index contributed by atoms with van der Waals surface area (Å²) >= 11 is 0. The summed E-state index contributed by atoms with van der Waals surface area (Å²) in [5.41, 5.74) is 2.74. The number of anilines is 2. The fourth-order valence-corrected chi connectivity index (χ4v) is 2.73. The van der Waals surface area contributed by atoms with Crippen molar-refractivity contribution in [1.29, 1.82) is 0 Å². The van der Waals surface area contributed by atoms with Crippen LogP contribution in [0.1, 0.15) is 42.4 Å². The Morgan fingerprint density at radius 3 is 2.81 bits per heavy atom. The first-order valence-electron chi connectivity index (χ1n) is 8.92. The number of para-hydroxylation sites is 1. The van der Waals surface area contributed by atoms with E-state index in [1.165, 1.54) is 0 Å². The van der Waals surface area contributed by atoms with E-state index in [1.54, 1.807) is 12.3 Å². The maximum atomic E-state index is 12.3. The van der Waals surface area contributed by atoms with E-state index >= 15 is 0 Å². The molecule has 0 aliphatic carbocycles. The molecule has 134 valence electrons. The Labute approximate surface area is 153 Å². The molecule has 0 fully saturated rings. The van der Waals surface area contributed by atoms with E-state index in [-0.39, 0.29) is 5.91 Å². The van der Waals surface area contributed by atoms with Crippen LogP contribution in [0.2, 0.25) is 0 Å². The summed E-state index contributed by atoms with van der Waals surface area (Å²) in [6, 6.07) is 11.5. The van der Waals surface area contributed by atoms with Gasteiger partial charge in [0.25, 0.3) is 5.91 Å². The van der Waals surface area contributed by atoms with Gasteiger partial charge in [0.15, 0.2) is 0 Å². The van der Waals surface area contributed by atoms with Gasteiger partial charge < -0.3 is 10.6 Å². The number of nitrogens with one attached hydrogen (secondary N) is 2. The van der Waals surface area contributed by atoms with Gasteiger partial charge in [0.2, 0.25) is 5.95 Å². The van der Waals surface area contributed by atoms with E-state index in [4.69, 9.17) is 0 Å². The first-order valence-corrected chi connectivity index (χ1v) is 8.92. The van der Waals surface area contributed by atoms with Gasteiger partial charge >= 0.3 is 0 Å².